The van der Waals surface area contributed by atoms with E-state index in [4.69, 9.17) is 21.1 Å². The minimum atomic E-state index is -0.567. The first kappa shape index (κ1) is 20.8. The van der Waals surface area contributed by atoms with Crippen molar-refractivity contribution in [3.05, 3.63) is 63.8 Å². The number of nitrogens with one attached hydrogen (secondary N) is 1. The second-order valence-corrected chi connectivity index (χ2v) is 6.41. The fourth-order valence-electron chi connectivity index (χ4n) is 3.15. The third-order valence-electron chi connectivity index (χ3n) is 4.50. The van der Waals surface area contributed by atoms with Crippen LogP contribution in [0.4, 0.5) is 10.1 Å². The third-order valence-corrected chi connectivity index (χ3v) is 4.50. The first-order valence-electron chi connectivity index (χ1n) is 9.25. The minimum absolute atomic E-state index is 0.179. The quantitative estimate of drug-likeness (QED) is 0.175. The third kappa shape index (κ3) is 4.07. The number of carbonyl (C=O) groups is 1. The van der Waals surface area contributed by atoms with Gasteiger partial charge in [0.05, 0.1) is 19.2 Å². The molecule has 1 heterocycles. The van der Waals surface area contributed by atoms with Crippen molar-refractivity contribution >= 4 is 22.6 Å². The molecule has 3 rings (SSSR count). The van der Waals surface area contributed by atoms with Crippen LogP contribution in [-0.4, -0.2) is 19.1 Å². The SMILES string of the molecule is C#CCNc1cc2oc(-c3ccc(F)cc3)c(C(=O)OCC)c2cc1C(C)N=[N+]=[N-]. The molecular formula is C22H19FN4O3. The molecule has 0 fully saturated rings. The molecule has 0 bridgehead atoms. The van der Waals surface area contributed by atoms with Gasteiger partial charge in [0.15, 0.2) is 0 Å². The number of carbonyl (C=O) groups excluding carboxylic acids is 1. The Balaban J connectivity index is 2.30. The van der Waals surface area contributed by atoms with Crippen LogP contribution in [0, 0.1) is 18.2 Å². The van der Waals surface area contributed by atoms with E-state index in [0.29, 0.717) is 27.8 Å². The normalized spacial score (nSPS) is 11.4. The van der Waals surface area contributed by atoms with Crippen LogP contribution in [0.1, 0.15) is 35.8 Å². The number of benzene rings is 2. The van der Waals surface area contributed by atoms with Gasteiger partial charge in [0.25, 0.3) is 0 Å². The summed E-state index contributed by atoms with van der Waals surface area (Å²) in [7, 11) is 0. The number of terminal acetylenes is 1. The lowest BCUT2D eigenvalue weighted by Gasteiger charge is -2.13. The fourth-order valence-corrected chi connectivity index (χ4v) is 3.15. The maximum absolute atomic E-state index is 13.4. The number of hydrogen-bond donors (Lipinski definition) is 1. The number of nitrogens with zero attached hydrogens (tertiary/aromatic N) is 3. The molecule has 1 atom stereocenters. The van der Waals surface area contributed by atoms with Crippen LogP contribution >= 0.6 is 0 Å². The number of furan rings is 1. The molecule has 152 valence electrons. The van der Waals surface area contributed by atoms with Gasteiger partial charge in [-0.05, 0) is 48.4 Å². The topological polar surface area (TPSA) is 100 Å². The molecule has 3 aromatic rings. The first-order valence-corrected chi connectivity index (χ1v) is 9.25. The van der Waals surface area contributed by atoms with Crippen LogP contribution in [0.15, 0.2) is 45.9 Å². The van der Waals surface area contributed by atoms with Gasteiger partial charge in [-0.25, -0.2) is 9.18 Å². The van der Waals surface area contributed by atoms with Crippen molar-refractivity contribution in [2.75, 3.05) is 18.5 Å². The number of azide groups is 1. The van der Waals surface area contributed by atoms with E-state index in [1.54, 1.807) is 26.0 Å². The smallest absolute Gasteiger partial charge is 0.342 e. The number of hydrogen-bond acceptors (Lipinski definition) is 5. The average Bonchev–Trinajstić information content (AvgIpc) is 3.10. The van der Waals surface area contributed by atoms with E-state index < -0.39 is 17.8 Å². The summed E-state index contributed by atoms with van der Waals surface area (Å²) in [5.74, 6) is 1.78. The van der Waals surface area contributed by atoms with E-state index >= 15 is 0 Å². The largest absolute Gasteiger partial charge is 0.462 e. The number of halogens is 1. The number of rotatable bonds is 7. The van der Waals surface area contributed by atoms with E-state index in [0.717, 1.165) is 0 Å². The maximum Gasteiger partial charge on any atom is 0.342 e. The van der Waals surface area contributed by atoms with E-state index in [-0.39, 0.29) is 24.5 Å². The Morgan fingerprint density at radius 3 is 2.77 bits per heavy atom. The average molecular weight is 406 g/mol. The van der Waals surface area contributed by atoms with Gasteiger partial charge in [0.2, 0.25) is 0 Å². The molecule has 30 heavy (non-hydrogen) atoms. The summed E-state index contributed by atoms with van der Waals surface area (Å²) in [5.41, 5.74) is 11.3. The van der Waals surface area contributed by atoms with Gasteiger partial charge in [-0.15, -0.1) is 6.42 Å². The van der Waals surface area contributed by atoms with E-state index in [2.05, 4.69) is 21.3 Å². The molecule has 7 nitrogen and oxygen atoms in total. The molecule has 1 N–H and O–H groups in total. The molecule has 0 saturated heterocycles. The summed E-state index contributed by atoms with van der Waals surface area (Å²) in [5, 5.41) is 7.33. The molecule has 2 aromatic carbocycles. The van der Waals surface area contributed by atoms with E-state index in [1.165, 1.54) is 24.3 Å². The number of anilines is 1. The molecule has 1 aromatic heterocycles. The molecular weight excluding hydrogens is 387 g/mol. The van der Waals surface area contributed by atoms with Crippen molar-refractivity contribution in [2.45, 2.75) is 19.9 Å². The Morgan fingerprint density at radius 2 is 2.13 bits per heavy atom. The molecule has 0 aliphatic rings. The molecule has 0 radical (unpaired) electrons. The lowest BCUT2D eigenvalue weighted by molar-refractivity contribution is 0.0528. The highest BCUT2D eigenvalue weighted by Gasteiger charge is 2.25. The molecule has 0 aliphatic carbocycles. The van der Waals surface area contributed by atoms with Crippen LogP contribution in [-0.2, 0) is 4.74 Å². The van der Waals surface area contributed by atoms with E-state index in [9.17, 15) is 9.18 Å². The molecule has 0 spiro atoms. The van der Waals surface area contributed by atoms with Gasteiger partial charge >= 0.3 is 5.97 Å². The first-order chi connectivity index (χ1) is 14.5. The molecule has 8 heteroatoms. The van der Waals surface area contributed by atoms with Crippen molar-refractivity contribution in [1.29, 1.82) is 0 Å². The van der Waals surface area contributed by atoms with Gasteiger partial charge in [-0.1, -0.05) is 18.0 Å². The van der Waals surface area contributed by atoms with Gasteiger partial charge in [0.1, 0.15) is 22.7 Å². The zero-order chi connectivity index (χ0) is 21.7. The zero-order valence-corrected chi connectivity index (χ0v) is 16.5. The highest BCUT2D eigenvalue weighted by atomic mass is 19.1. The van der Waals surface area contributed by atoms with Crippen molar-refractivity contribution in [2.24, 2.45) is 5.11 Å². The predicted octanol–water partition coefficient (Wildman–Crippen LogP) is 5.83. The van der Waals surface area contributed by atoms with Crippen LogP contribution in [0.5, 0.6) is 0 Å². The zero-order valence-electron chi connectivity index (χ0n) is 16.5. The Labute approximate surface area is 172 Å². The van der Waals surface area contributed by atoms with Crippen LogP contribution in [0.25, 0.3) is 32.7 Å². The van der Waals surface area contributed by atoms with Crippen molar-refractivity contribution in [1.82, 2.24) is 0 Å². The van der Waals surface area contributed by atoms with Gasteiger partial charge < -0.3 is 14.5 Å². The number of fused-ring (bicyclic) bond motifs is 1. The summed E-state index contributed by atoms with van der Waals surface area (Å²) in [6, 6.07) is 8.50. The highest BCUT2D eigenvalue weighted by Crippen LogP contribution is 2.39. The standard InChI is InChI=1S/C22H19FN4O3/c1-4-10-25-18-12-19-17(11-16(18)13(3)26-27-24)20(22(28)29-5-2)21(30-19)14-6-8-15(23)9-7-14/h1,6-9,11-13,25H,5,10H2,2-3H3. The molecule has 0 amide bonds. The highest BCUT2D eigenvalue weighted by molar-refractivity contribution is 6.09. The number of ether oxygens (including phenoxy) is 1. The Bertz CT molecular complexity index is 1170. The van der Waals surface area contributed by atoms with Gasteiger partial charge in [-0.3, -0.25) is 0 Å². The van der Waals surface area contributed by atoms with Gasteiger partial charge in [0, 0.05) is 27.6 Å². The summed E-state index contributed by atoms with van der Waals surface area (Å²) < 4.78 is 24.6. The second-order valence-electron chi connectivity index (χ2n) is 6.41. The minimum Gasteiger partial charge on any atom is -0.462 e. The lowest BCUT2D eigenvalue weighted by Crippen LogP contribution is -2.06. The Hall–Kier alpha value is -3.95. The summed E-state index contributed by atoms with van der Waals surface area (Å²) in [6.45, 7) is 3.86. The molecule has 1 unspecified atom stereocenters. The summed E-state index contributed by atoms with van der Waals surface area (Å²) in [4.78, 5) is 15.6. The second kappa shape index (κ2) is 9.03. The Kier molecular flexibility index (Phi) is 6.26. The van der Waals surface area contributed by atoms with Crippen molar-refractivity contribution in [3.8, 4) is 23.7 Å². The van der Waals surface area contributed by atoms with Crippen LogP contribution < -0.4 is 5.32 Å². The molecule has 0 saturated carbocycles. The van der Waals surface area contributed by atoms with Crippen molar-refractivity contribution in [3.63, 3.8) is 0 Å². The number of esters is 1. The van der Waals surface area contributed by atoms with Crippen molar-refractivity contribution < 1.29 is 18.3 Å². The maximum atomic E-state index is 13.4. The van der Waals surface area contributed by atoms with E-state index in [1.807, 2.05) is 0 Å². The Morgan fingerprint density at radius 1 is 1.40 bits per heavy atom. The summed E-state index contributed by atoms with van der Waals surface area (Å²) >= 11 is 0. The monoisotopic (exact) mass is 406 g/mol. The lowest BCUT2D eigenvalue weighted by atomic mass is 10.00. The predicted molar refractivity (Wildman–Crippen MR) is 112 cm³/mol. The van der Waals surface area contributed by atoms with Crippen LogP contribution in [0.2, 0.25) is 0 Å². The summed E-state index contributed by atoms with van der Waals surface area (Å²) in [6.07, 6.45) is 5.35. The fraction of sp³-hybridized carbons (Fsp3) is 0.227. The molecule has 0 aliphatic heterocycles. The van der Waals surface area contributed by atoms with Gasteiger partial charge in [-0.2, -0.15) is 0 Å². The van der Waals surface area contributed by atoms with Crippen LogP contribution in [0.3, 0.4) is 0 Å².